The summed E-state index contributed by atoms with van der Waals surface area (Å²) in [7, 11) is 0. The fourth-order valence-electron chi connectivity index (χ4n) is 1.44. The Morgan fingerprint density at radius 3 is 2.26 bits per heavy atom. The van der Waals surface area contributed by atoms with Crippen LogP contribution in [0.25, 0.3) is 0 Å². The van der Waals surface area contributed by atoms with Gasteiger partial charge in [-0.2, -0.15) is 0 Å². The molecule has 1 rings (SSSR count). The summed E-state index contributed by atoms with van der Waals surface area (Å²) in [6.07, 6.45) is 0. The first-order chi connectivity index (χ1) is 9.02. The maximum Gasteiger partial charge on any atom is 0.319 e. The lowest BCUT2D eigenvalue weighted by Crippen LogP contribution is -2.31. The third-order valence-corrected chi connectivity index (χ3v) is 2.41. The highest BCUT2D eigenvalue weighted by molar-refractivity contribution is 5.95. The number of urea groups is 1. The molecular weight excluding hydrogens is 242 g/mol. The third-order valence-electron chi connectivity index (χ3n) is 2.41. The van der Waals surface area contributed by atoms with E-state index in [2.05, 4.69) is 16.0 Å². The quantitative estimate of drug-likeness (QED) is 0.762. The molecule has 0 aliphatic heterocycles. The fraction of sp³-hybridized carbons (Fsp3) is 0.429. The zero-order valence-electron chi connectivity index (χ0n) is 11.6. The van der Waals surface area contributed by atoms with E-state index in [-0.39, 0.29) is 11.9 Å². The zero-order valence-corrected chi connectivity index (χ0v) is 11.6. The molecule has 0 aliphatic carbocycles. The van der Waals surface area contributed by atoms with Gasteiger partial charge in [0.1, 0.15) is 0 Å². The smallest absolute Gasteiger partial charge is 0.319 e. The average molecular weight is 263 g/mol. The van der Waals surface area contributed by atoms with Crippen LogP contribution in [-0.2, 0) is 0 Å². The summed E-state index contributed by atoms with van der Waals surface area (Å²) in [5, 5.41) is 8.19. The van der Waals surface area contributed by atoms with Gasteiger partial charge in [-0.1, -0.05) is 13.8 Å². The Kier molecular flexibility index (Phi) is 5.85. The molecule has 0 unspecified atom stereocenters. The number of anilines is 1. The predicted molar refractivity (Wildman–Crippen MR) is 76.3 cm³/mol. The van der Waals surface area contributed by atoms with Crippen molar-refractivity contribution in [2.75, 3.05) is 18.4 Å². The van der Waals surface area contributed by atoms with Crippen LogP contribution in [0.15, 0.2) is 24.3 Å². The second-order valence-corrected chi connectivity index (χ2v) is 4.67. The first kappa shape index (κ1) is 15.0. The Balaban J connectivity index is 2.52. The summed E-state index contributed by atoms with van der Waals surface area (Å²) in [6.45, 7) is 7.15. The number of hydrogen-bond donors (Lipinski definition) is 3. The summed E-state index contributed by atoms with van der Waals surface area (Å²) < 4.78 is 0. The van der Waals surface area contributed by atoms with E-state index in [1.807, 2.05) is 20.8 Å². The number of carbonyl (C=O) groups is 2. The number of hydrogen-bond acceptors (Lipinski definition) is 2. The van der Waals surface area contributed by atoms with Crippen LogP contribution in [-0.4, -0.2) is 25.0 Å². The number of carbonyl (C=O) groups excluding carboxylic acids is 2. The highest BCUT2D eigenvalue weighted by Gasteiger charge is 2.05. The van der Waals surface area contributed by atoms with Gasteiger partial charge in [-0.25, -0.2) is 4.79 Å². The number of rotatable bonds is 5. The summed E-state index contributed by atoms with van der Waals surface area (Å²) >= 11 is 0. The van der Waals surface area contributed by atoms with Gasteiger partial charge in [-0.3, -0.25) is 4.79 Å². The molecule has 0 aromatic heterocycles. The van der Waals surface area contributed by atoms with Crippen LogP contribution in [0.2, 0.25) is 0 Å². The zero-order chi connectivity index (χ0) is 14.3. The molecule has 1 aromatic rings. The van der Waals surface area contributed by atoms with Crippen LogP contribution in [0.3, 0.4) is 0 Å². The minimum atomic E-state index is -0.237. The lowest BCUT2D eigenvalue weighted by Gasteiger charge is -2.09. The SMILES string of the molecule is CCNC(=O)c1ccc(NC(=O)NCC(C)C)cc1. The van der Waals surface area contributed by atoms with E-state index < -0.39 is 0 Å². The standard InChI is InChI=1S/C14H21N3O2/c1-4-15-13(18)11-5-7-12(8-6-11)17-14(19)16-9-10(2)3/h5-8,10H,4,9H2,1-3H3,(H,15,18)(H2,16,17,19). The maximum absolute atomic E-state index is 11.5. The fourth-order valence-corrected chi connectivity index (χ4v) is 1.44. The van der Waals surface area contributed by atoms with Crippen LogP contribution in [0.5, 0.6) is 0 Å². The number of benzene rings is 1. The second kappa shape index (κ2) is 7.41. The minimum Gasteiger partial charge on any atom is -0.352 e. The topological polar surface area (TPSA) is 70.2 Å². The molecule has 3 N–H and O–H groups in total. The highest BCUT2D eigenvalue weighted by Crippen LogP contribution is 2.09. The molecule has 1 aromatic carbocycles. The van der Waals surface area contributed by atoms with Crippen LogP contribution >= 0.6 is 0 Å². The summed E-state index contributed by atoms with van der Waals surface area (Å²) in [5.74, 6) is 0.296. The molecule has 3 amide bonds. The molecule has 0 heterocycles. The van der Waals surface area contributed by atoms with E-state index in [1.165, 1.54) is 0 Å². The van der Waals surface area contributed by atoms with Crippen molar-refractivity contribution < 1.29 is 9.59 Å². The van der Waals surface area contributed by atoms with Crippen molar-refractivity contribution in [3.05, 3.63) is 29.8 Å². The molecule has 0 atom stereocenters. The van der Waals surface area contributed by atoms with Crippen molar-refractivity contribution >= 4 is 17.6 Å². The molecule has 0 fully saturated rings. The van der Waals surface area contributed by atoms with Gasteiger partial charge in [-0.05, 0) is 37.1 Å². The van der Waals surface area contributed by atoms with Crippen LogP contribution < -0.4 is 16.0 Å². The lowest BCUT2D eigenvalue weighted by molar-refractivity contribution is 0.0956. The minimum absolute atomic E-state index is 0.113. The van der Waals surface area contributed by atoms with Gasteiger partial charge >= 0.3 is 6.03 Å². The van der Waals surface area contributed by atoms with Crippen molar-refractivity contribution in [2.24, 2.45) is 5.92 Å². The van der Waals surface area contributed by atoms with Gasteiger partial charge in [0.05, 0.1) is 0 Å². The van der Waals surface area contributed by atoms with Gasteiger partial charge in [-0.15, -0.1) is 0 Å². The Morgan fingerprint density at radius 2 is 1.74 bits per heavy atom. The molecular formula is C14H21N3O2. The van der Waals surface area contributed by atoms with Crippen LogP contribution in [0.4, 0.5) is 10.5 Å². The predicted octanol–water partition coefficient (Wildman–Crippen LogP) is 2.21. The first-order valence-electron chi connectivity index (χ1n) is 6.46. The molecule has 0 bridgehead atoms. The normalized spacial score (nSPS) is 10.1. The third kappa shape index (κ3) is 5.42. The Morgan fingerprint density at radius 1 is 1.11 bits per heavy atom. The first-order valence-corrected chi connectivity index (χ1v) is 6.46. The van der Waals surface area contributed by atoms with E-state index in [9.17, 15) is 9.59 Å². The van der Waals surface area contributed by atoms with E-state index in [0.29, 0.717) is 30.3 Å². The average Bonchev–Trinajstić information content (AvgIpc) is 2.37. The van der Waals surface area contributed by atoms with E-state index in [1.54, 1.807) is 24.3 Å². The Labute approximate surface area is 113 Å². The highest BCUT2D eigenvalue weighted by atomic mass is 16.2. The molecule has 0 saturated heterocycles. The molecule has 104 valence electrons. The van der Waals surface area contributed by atoms with Crippen molar-refractivity contribution in [3.63, 3.8) is 0 Å². The van der Waals surface area contributed by atoms with Gasteiger partial charge < -0.3 is 16.0 Å². The van der Waals surface area contributed by atoms with Crippen molar-refractivity contribution in [1.82, 2.24) is 10.6 Å². The molecule has 0 saturated carbocycles. The molecule has 19 heavy (non-hydrogen) atoms. The van der Waals surface area contributed by atoms with Gasteiger partial charge in [0.25, 0.3) is 5.91 Å². The number of nitrogens with one attached hydrogen (secondary N) is 3. The Hall–Kier alpha value is -2.04. The monoisotopic (exact) mass is 263 g/mol. The summed E-state index contributed by atoms with van der Waals surface area (Å²) in [5.41, 5.74) is 1.24. The molecule has 0 aliphatic rings. The van der Waals surface area contributed by atoms with Gasteiger partial charge in [0, 0.05) is 24.3 Å². The Bertz CT molecular complexity index is 427. The maximum atomic E-state index is 11.5. The van der Waals surface area contributed by atoms with Gasteiger partial charge in [0.15, 0.2) is 0 Å². The largest absolute Gasteiger partial charge is 0.352 e. The molecule has 0 spiro atoms. The van der Waals surface area contributed by atoms with Crippen LogP contribution in [0, 0.1) is 5.92 Å². The second-order valence-electron chi connectivity index (χ2n) is 4.67. The molecule has 0 radical (unpaired) electrons. The van der Waals surface area contributed by atoms with E-state index >= 15 is 0 Å². The summed E-state index contributed by atoms with van der Waals surface area (Å²) in [4.78, 5) is 23.1. The van der Waals surface area contributed by atoms with Crippen molar-refractivity contribution in [1.29, 1.82) is 0 Å². The van der Waals surface area contributed by atoms with Crippen molar-refractivity contribution in [3.8, 4) is 0 Å². The molecule has 5 nitrogen and oxygen atoms in total. The van der Waals surface area contributed by atoms with Gasteiger partial charge in [0.2, 0.25) is 0 Å². The summed E-state index contributed by atoms with van der Waals surface area (Å²) in [6, 6.07) is 6.55. The lowest BCUT2D eigenvalue weighted by atomic mass is 10.2. The van der Waals surface area contributed by atoms with Crippen molar-refractivity contribution in [2.45, 2.75) is 20.8 Å². The van der Waals surface area contributed by atoms with E-state index in [4.69, 9.17) is 0 Å². The van der Waals surface area contributed by atoms with Crippen LogP contribution in [0.1, 0.15) is 31.1 Å². The van der Waals surface area contributed by atoms with E-state index in [0.717, 1.165) is 0 Å². The number of amides is 3. The molecule has 5 heteroatoms.